The molecule has 0 aromatic heterocycles. The number of ether oxygens (including phenoxy) is 1. The number of hydrogen-bond acceptors (Lipinski definition) is 6. The van der Waals surface area contributed by atoms with Gasteiger partial charge in [-0.05, 0) is 6.42 Å². The van der Waals surface area contributed by atoms with Gasteiger partial charge in [0.15, 0.2) is 12.3 Å². The largest absolute Gasteiger partial charge is 0.481 e. The Bertz CT molecular complexity index is 277. The zero-order valence-corrected chi connectivity index (χ0v) is 10.5. The molecule has 0 spiro atoms. The number of nitrogens with zero attached hydrogens (tertiary/aromatic N) is 1. The van der Waals surface area contributed by atoms with E-state index in [1.165, 1.54) is 6.07 Å². The van der Waals surface area contributed by atoms with Crippen LogP contribution < -0.4 is 5.73 Å². The van der Waals surface area contributed by atoms with Crippen molar-refractivity contribution in [3.8, 4) is 6.07 Å². The standard InChI is InChI=1S/C6H10N2O2.2C2H4O2/c1-2-3-5(8)10-6(9)4-7;2*1-2(3)4/h5H,2-3,8H2,1H3;2*1H3,(H,3,4). The van der Waals surface area contributed by atoms with Crippen LogP contribution in [0.15, 0.2) is 0 Å². The summed E-state index contributed by atoms with van der Waals surface area (Å²) in [5.74, 6) is -2.58. The van der Waals surface area contributed by atoms with Crippen molar-refractivity contribution in [2.45, 2.75) is 39.8 Å². The zero-order valence-electron chi connectivity index (χ0n) is 10.5. The molecule has 0 aliphatic rings. The third-order valence-electron chi connectivity index (χ3n) is 0.923. The van der Waals surface area contributed by atoms with Crippen LogP contribution in [0.25, 0.3) is 0 Å². The van der Waals surface area contributed by atoms with Gasteiger partial charge >= 0.3 is 5.97 Å². The summed E-state index contributed by atoms with van der Waals surface area (Å²) in [5, 5.41) is 22.8. The molecule has 0 aromatic rings. The van der Waals surface area contributed by atoms with E-state index >= 15 is 0 Å². The first kappa shape index (κ1) is 21.2. The van der Waals surface area contributed by atoms with Gasteiger partial charge in [-0.2, -0.15) is 5.26 Å². The number of nitriles is 1. The first-order valence-corrected chi connectivity index (χ1v) is 4.92. The monoisotopic (exact) mass is 262 g/mol. The Kier molecular flexibility index (Phi) is 17.5. The van der Waals surface area contributed by atoms with E-state index in [2.05, 4.69) is 4.74 Å². The Labute approximate surface area is 105 Å². The van der Waals surface area contributed by atoms with Crippen LogP contribution in [0.5, 0.6) is 0 Å². The molecule has 8 nitrogen and oxygen atoms in total. The van der Waals surface area contributed by atoms with E-state index in [4.69, 9.17) is 30.8 Å². The number of nitrogens with two attached hydrogens (primary N) is 1. The maximum absolute atomic E-state index is 10.2. The van der Waals surface area contributed by atoms with Gasteiger partial charge in [-0.1, -0.05) is 13.3 Å². The normalized spacial score (nSPS) is 9.28. The highest BCUT2D eigenvalue weighted by atomic mass is 16.6. The number of esters is 1. The average molecular weight is 262 g/mol. The highest BCUT2D eigenvalue weighted by Crippen LogP contribution is 1.94. The van der Waals surface area contributed by atoms with Gasteiger partial charge in [-0.3, -0.25) is 15.3 Å². The van der Waals surface area contributed by atoms with E-state index < -0.39 is 24.1 Å². The molecule has 0 bridgehead atoms. The lowest BCUT2D eigenvalue weighted by atomic mass is 10.3. The summed E-state index contributed by atoms with van der Waals surface area (Å²) in [6, 6.07) is 1.31. The van der Waals surface area contributed by atoms with E-state index in [0.717, 1.165) is 20.3 Å². The quantitative estimate of drug-likeness (QED) is 0.373. The summed E-state index contributed by atoms with van der Waals surface area (Å²) in [4.78, 5) is 28.2. The van der Waals surface area contributed by atoms with E-state index in [-0.39, 0.29) is 0 Å². The summed E-state index contributed by atoms with van der Waals surface area (Å²) >= 11 is 0. The maximum atomic E-state index is 10.2. The Hall–Kier alpha value is -2.14. The van der Waals surface area contributed by atoms with Crippen molar-refractivity contribution in [2.75, 3.05) is 0 Å². The van der Waals surface area contributed by atoms with Crippen LogP contribution in [-0.4, -0.2) is 34.3 Å². The van der Waals surface area contributed by atoms with Gasteiger partial charge in [0, 0.05) is 13.8 Å². The van der Waals surface area contributed by atoms with Crippen LogP contribution >= 0.6 is 0 Å². The molecule has 4 N–H and O–H groups in total. The predicted molar refractivity (Wildman–Crippen MR) is 61.2 cm³/mol. The predicted octanol–water partition coefficient (Wildman–Crippen LogP) is 0.320. The number of carboxylic acids is 2. The minimum atomic E-state index is -0.916. The number of hydrogen-bond donors (Lipinski definition) is 3. The van der Waals surface area contributed by atoms with Gasteiger partial charge < -0.3 is 14.9 Å². The van der Waals surface area contributed by atoms with Crippen molar-refractivity contribution < 1.29 is 29.3 Å². The van der Waals surface area contributed by atoms with Crippen LogP contribution in [0.1, 0.15) is 33.6 Å². The minimum absolute atomic E-state index is 0.591. The van der Waals surface area contributed by atoms with Gasteiger partial charge in [-0.15, -0.1) is 0 Å². The molecular weight excluding hydrogens is 244 g/mol. The van der Waals surface area contributed by atoms with Crippen LogP contribution in [0.4, 0.5) is 0 Å². The highest BCUT2D eigenvalue weighted by molar-refractivity contribution is 5.85. The van der Waals surface area contributed by atoms with Gasteiger partial charge in [0.1, 0.15) is 0 Å². The van der Waals surface area contributed by atoms with E-state index in [1.54, 1.807) is 0 Å². The third kappa shape index (κ3) is 48.7. The fraction of sp³-hybridized carbons (Fsp3) is 0.600. The van der Waals surface area contributed by atoms with Crippen LogP contribution in [0.2, 0.25) is 0 Å². The molecule has 104 valence electrons. The average Bonchev–Trinajstić information content (AvgIpc) is 2.15. The number of carboxylic acid groups (broad SMARTS) is 2. The van der Waals surface area contributed by atoms with Crippen molar-refractivity contribution in [1.29, 1.82) is 5.26 Å². The summed E-state index contributed by atoms with van der Waals surface area (Å²) in [7, 11) is 0. The Morgan fingerprint density at radius 3 is 1.83 bits per heavy atom. The third-order valence-corrected chi connectivity index (χ3v) is 0.923. The summed E-state index contributed by atoms with van der Waals surface area (Å²) in [6.07, 6.45) is 0.796. The SMILES string of the molecule is CC(=O)O.CC(=O)O.CCCC(N)OC(=O)C#N. The molecule has 0 aromatic carbocycles. The van der Waals surface area contributed by atoms with Gasteiger partial charge in [0.2, 0.25) is 0 Å². The summed E-state index contributed by atoms with van der Waals surface area (Å²) in [5.41, 5.74) is 5.27. The number of carbonyl (C=O) groups is 3. The van der Waals surface area contributed by atoms with E-state index in [0.29, 0.717) is 6.42 Å². The molecule has 18 heavy (non-hydrogen) atoms. The Morgan fingerprint density at radius 2 is 1.61 bits per heavy atom. The number of carbonyl (C=O) groups excluding carboxylic acids is 1. The molecule has 0 fully saturated rings. The molecule has 0 aliphatic heterocycles. The van der Waals surface area contributed by atoms with Crippen molar-refractivity contribution in [3.05, 3.63) is 0 Å². The Morgan fingerprint density at radius 1 is 1.28 bits per heavy atom. The zero-order chi connectivity index (χ0) is 15.1. The van der Waals surface area contributed by atoms with Crippen molar-refractivity contribution in [3.63, 3.8) is 0 Å². The second-order valence-corrected chi connectivity index (χ2v) is 2.88. The fourth-order valence-corrected chi connectivity index (χ4v) is 0.507. The Balaban J connectivity index is -0.000000233. The van der Waals surface area contributed by atoms with E-state index in [1.807, 2.05) is 6.92 Å². The lowest BCUT2D eigenvalue weighted by Gasteiger charge is -2.07. The van der Waals surface area contributed by atoms with Crippen molar-refractivity contribution in [1.82, 2.24) is 0 Å². The fourth-order valence-electron chi connectivity index (χ4n) is 0.507. The first-order valence-electron chi connectivity index (χ1n) is 4.92. The summed E-state index contributed by atoms with van der Waals surface area (Å²) in [6.45, 7) is 4.08. The van der Waals surface area contributed by atoms with Crippen molar-refractivity contribution in [2.24, 2.45) is 5.73 Å². The molecule has 0 amide bonds. The lowest BCUT2D eigenvalue weighted by Crippen LogP contribution is -2.25. The summed E-state index contributed by atoms with van der Waals surface area (Å²) < 4.78 is 4.42. The first-order chi connectivity index (χ1) is 8.17. The van der Waals surface area contributed by atoms with Crippen LogP contribution in [0, 0.1) is 11.3 Å². The van der Waals surface area contributed by atoms with Gasteiger partial charge in [-0.25, -0.2) is 4.79 Å². The molecule has 1 atom stereocenters. The molecule has 0 rings (SSSR count). The lowest BCUT2D eigenvalue weighted by molar-refractivity contribution is -0.142. The van der Waals surface area contributed by atoms with Gasteiger partial charge in [0.25, 0.3) is 11.9 Å². The maximum Gasteiger partial charge on any atom is 0.412 e. The molecule has 0 aliphatic carbocycles. The molecule has 1 unspecified atom stereocenters. The second kappa shape index (κ2) is 14.9. The second-order valence-electron chi connectivity index (χ2n) is 2.88. The molecular formula is C10H18N2O6. The molecule has 0 radical (unpaired) electrons. The molecule has 0 heterocycles. The molecule has 0 saturated carbocycles. The number of rotatable bonds is 3. The van der Waals surface area contributed by atoms with Crippen LogP contribution in [-0.2, 0) is 19.1 Å². The van der Waals surface area contributed by atoms with Crippen molar-refractivity contribution >= 4 is 17.9 Å². The van der Waals surface area contributed by atoms with Crippen LogP contribution in [0.3, 0.4) is 0 Å². The number of aliphatic carboxylic acids is 2. The molecule has 8 heteroatoms. The smallest absolute Gasteiger partial charge is 0.412 e. The molecule has 0 saturated heterocycles. The highest BCUT2D eigenvalue weighted by Gasteiger charge is 2.05. The topological polar surface area (TPSA) is 151 Å². The van der Waals surface area contributed by atoms with Gasteiger partial charge in [0.05, 0.1) is 0 Å². The van der Waals surface area contributed by atoms with E-state index in [9.17, 15) is 4.79 Å². The minimum Gasteiger partial charge on any atom is -0.481 e.